The van der Waals surface area contributed by atoms with Crippen molar-refractivity contribution in [2.45, 2.75) is 6.10 Å². The standard InChI is InChI=1S/C12H10N2O3/c15-11(9-4-2-1-3-5-9)12(16)17-10-8-13-6-7-14-10/h1-8,11,15H. The highest BCUT2D eigenvalue weighted by Gasteiger charge is 2.19. The first-order valence-corrected chi connectivity index (χ1v) is 4.98. The van der Waals surface area contributed by atoms with Gasteiger partial charge in [-0.25, -0.2) is 9.78 Å². The zero-order chi connectivity index (χ0) is 12.1. The smallest absolute Gasteiger partial charge is 0.346 e. The van der Waals surface area contributed by atoms with Crippen LogP contribution in [0.3, 0.4) is 0 Å². The Morgan fingerprint density at radius 2 is 2.00 bits per heavy atom. The molecule has 0 saturated heterocycles. The highest BCUT2D eigenvalue weighted by molar-refractivity contribution is 5.78. The Morgan fingerprint density at radius 3 is 2.65 bits per heavy atom. The molecule has 0 aliphatic carbocycles. The summed E-state index contributed by atoms with van der Waals surface area (Å²) in [6.45, 7) is 0. The van der Waals surface area contributed by atoms with Crippen LogP contribution in [-0.2, 0) is 4.79 Å². The molecule has 86 valence electrons. The van der Waals surface area contributed by atoms with E-state index in [1.807, 2.05) is 0 Å². The molecule has 0 spiro atoms. The van der Waals surface area contributed by atoms with E-state index in [-0.39, 0.29) is 5.88 Å². The van der Waals surface area contributed by atoms with Gasteiger partial charge in [0.2, 0.25) is 5.88 Å². The second-order valence-corrected chi connectivity index (χ2v) is 3.28. The fourth-order valence-corrected chi connectivity index (χ4v) is 1.27. The van der Waals surface area contributed by atoms with Crippen molar-refractivity contribution in [3.63, 3.8) is 0 Å². The third-order valence-corrected chi connectivity index (χ3v) is 2.08. The van der Waals surface area contributed by atoms with E-state index in [1.165, 1.54) is 18.6 Å². The molecule has 5 nitrogen and oxygen atoms in total. The number of aromatic nitrogens is 2. The Labute approximate surface area is 97.7 Å². The van der Waals surface area contributed by atoms with Gasteiger partial charge in [-0.15, -0.1) is 0 Å². The Morgan fingerprint density at radius 1 is 1.24 bits per heavy atom. The second kappa shape index (κ2) is 5.18. The number of benzene rings is 1. The lowest BCUT2D eigenvalue weighted by Gasteiger charge is -2.09. The molecular formula is C12H10N2O3. The molecular weight excluding hydrogens is 220 g/mol. The van der Waals surface area contributed by atoms with E-state index in [0.29, 0.717) is 5.56 Å². The number of carbonyl (C=O) groups excluding carboxylic acids is 1. The average molecular weight is 230 g/mol. The summed E-state index contributed by atoms with van der Waals surface area (Å²) in [6.07, 6.45) is 2.84. The summed E-state index contributed by atoms with van der Waals surface area (Å²) in [4.78, 5) is 19.1. The lowest BCUT2D eigenvalue weighted by atomic mass is 10.1. The van der Waals surface area contributed by atoms with E-state index in [0.717, 1.165) is 0 Å². The van der Waals surface area contributed by atoms with E-state index in [4.69, 9.17) is 4.74 Å². The molecule has 0 bridgehead atoms. The fourth-order valence-electron chi connectivity index (χ4n) is 1.27. The Kier molecular flexibility index (Phi) is 3.42. The maximum atomic E-state index is 11.6. The van der Waals surface area contributed by atoms with Gasteiger partial charge in [0.25, 0.3) is 0 Å². The molecule has 2 rings (SSSR count). The average Bonchev–Trinajstić information content (AvgIpc) is 2.40. The van der Waals surface area contributed by atoms with Crippen LogP contribution in [0.2, 0.25) is 0 Å². The molecule has 1 aromatic carbocycles. The van der Waals surface area contributed by atoms with Crippen molar-refractivity contribution < 1.29 is 14.6 Å². The van der Waals surface area contributed by atoms with Gasteiger partial charge < -0.3 is 9.84 Å². The van der Waals surface area contributed by atoms with Crippen LogP contribution in [0.5, 0.6) is 5.88 Å². The van der Waals surface area contributed by atoms with Crippen molar-refractivity contribution in [3.05, 3.63) is 54.5 Å². The van der Waals surface area contributed by atoms with Crippen LogP contribution in [0.4, 0.5) is 0 Å². The van der Waals surface area contributed by atoms with Crippen LogP contribution in [0, 0.1) is 0 Å². The van der Waals surface area contributed by atoms with Crippen molar-refractivity contribution in [2.24, 2.45) is 0 Å². The topological polar surface area (TPSA) is 72.3 Å². The number of esters is 1. The number of rotatable bonds is 3. The summed E-state index contributed by atoms with van der Waals surface area (Å²) >= 11 is 0. The number of hydrogen-bond acceptors (Lipinski definition) is 5. The summed E-state index contributed by atoms with van der Waals surface area (Å²) in [5, 5.41) is 9.73. The summed E-state index contributed by atoms with van der Waals surface area (Å²) in [5.74, 6) is -0.718. The molecule has 1 N–H and O–H groups in total. The first-order valence-electron chi connectivity index (χ1n) is 4.98. The molecule has 1 aromatic heterocycles. The Bertz CT molecular complexity index is 488. The minimum atomic E-state index is -1.32. The van der Waals surface area contributed by atoms with Gasteiger partial charge in [0.05, 0.1) is 6.20 Å². The third-order valence-electron chi connectivity index (χ3n) is 2.08. The van der Waals surface area contributed by atoms with Gasteiger partial charge in [0, 0.05) is 12.4 Å². The van der Waals surface area contributed by atoms with Crippen LogP contribution in [-0.4, -0.2) is 21.0 Å². The van der Waals surface area contributed by atoms with Crippen LogP contribution in [0.1, 0.15) is 11.7 Å². The zero-order valence-corrected chi connectivity index (χ0v) is 8.85. The lowest BCUT2D eigenvalue weighted by Crippen LogP contribution is -2.18. The van der Waals surface area contributed by atoms with E-state index in [9.17, 15) is 9.90 Å². The van der Waals surface area contributed by atoms with E-state index >= 15 is 0 Å². The minimum absolute atomic E-state index is 0.0625. The summed E-state index contributed by atoms with van der Waals surface area (Å²) in [7, 11) is 0. The van der Waals surface area contributed by atoms with Gasteiger partial charge in [-0.2, -0.15) is 0 Å². The SMILES string of the molecule is O=C(Oc1cnccn1)C(O)c1ccccc1. The normalized spacial score (nSPS) is 11.8. The van der Waals surface area contributed by atoms with Crippen molar-refractivity contribution in [1.29, 1.82) is 0 Å². The Hall–Kier alpha value is -2.27. The predicted molar refractivity (Wildman–Crippen MR) is 59.1 cm³/mol. The quantitative estimate of drug-likeness (QED) is 0.800. The monoisotopic (exact) mass is 230 g/mol. The van der Waals surface area contributed by atoms with Crippen LogP contribution in [0.25, 0.3) is 0 Å². The number of hydrogen-bond donors (Lipinski definition) is 1. The van der Waals surface area contributed by atoms with Crippen molar-refractivity contribution in [2.75, 3.05) is 0 Å². The van der Waals surface area contributed by atoms with Crippen molar-refractivity contribution in [3.8, 4) is 5.88 Å². The molecule has 0 aliphatic rings. The van der Waals surface area contributed by atoms with Gasteiger partial charge in [-0.05, 0) is 5.56 Å². The molecule has 0 radical (unpaired) electrons. The summed E-state index contributed by atoms with van der Waals surface area (Å²) in [5.41, 5.74) is 0.474. The summed E-state index contributed by atoms with van der Waals surface area (Å²) < 4.78 is 4.87. The zero-order valence-electron chi connectivity index (χ0n) is 8.85. The largest absolute Gasteiger partial charge is 0.404 e. The molecule has 17 heavy (non-hydrogen) atoms. The van der Waals surface area contributed by atoms with Gasteiger partial charge in [0.15, 0.2) is 6.10 Å². The maximum Gasteiger partial charge on any atom is 0.346 e. The van der Waals surface area contributed by atoms with Crippen LogP contribution >= 0.6 is 0 Å². The first-order chi connectivity index (χ1) is 8.27. The first kappa shape index (κ1) is 11.2. The van der Waals surface area contributed by atoms with Gasteiger partial charge in [-0.1, -0.05) is 30.3 Å². The molecule has 0 aliphatic heterocycles. The predicted octanol–water partition coefficient (Wildman–Crippen LogP) is 1.12. The molecule has 2 aromatic rings. The van der Waals surface area contributed by atoms with Gasteiger partial charge in [0.1, 0.15) is 0 Å². The second-order valence-electron chi connectivity index (χ2n) is 3.28. The molecule has 0 fully saturated rings. The summed E-state index contributed by atoms with van der Waals surface area (Å²) in [6, 6.07) is 8.54. The number of aliphatic hydroxyl groups excluding tert-OH is 1. The molecule has 1 heterocycles. The molecule has 0 saturated carbocycles. The van der Waals surface area contributed by atoms with Gasteiger partial charge in [-0.3, -0.25) is 4.98 Å². The minimum Gasteiger partial charge on any atom is -0.404 e. The highest BCUT2D eigenvalue weighted by atomic mass is 16.6. The molecule has 0 amide bonds. The van der Waals surface area contributed by atoms with E-state index in [2.05, 4.69) is 9.97 Å². The number of ether oxygens (including phenoxy) is 1. The molecule has 1 unspecified atom stereocenters. The van der Waals surface area contributed by atoms with Crippen LogP contribution in [0.15, 0.2) is 48.9 Å². The number of aliphatic hydroxyl groups is 1. The third kappa shape index (κ3) is 2.85. The van der Waals surface area contributed by atoms with Crippen molar-refractivity contribution in [1.82, 2.24) is 9.97 Å². The van der Waals surface area contributed by atoms with Gasteiger partial charge >= 0.3 is 5.97 Å². The van der Waals surface area contributed by atoms with Crippen molar-refractivity contribution >= 4 is 5.97 Å². The number of nitrogens with zero attached hydrogens (tertiary/aromatic N) is 2. The molecule has 1 atom stereocenters. The number of carbonyl (C=O) groups is 1. The lowest BCUT2D eigenvalue weighted by molar-refractivity contribution is -0.144. The maximum absolute atomic E-state index is 11.6. The Balaban J connectivity index is 2.06. The van der Waals surface area contributed by atoms with E-state index in [1.54, 1.807) is 30.3 Å². The van der Waals surface area contributed by atoms with E-state index < -0.39 is 12.1 Å². The highest BCUT2D eigenvalue weighted by Crippen LogP contribution is 2.14. The van der Waals surface area contributed by atoms with Crippen LogP contribution < -0.4 is 4.74 Å². The molecule has 5 heteroatoms. The fraction of sp³-hybridized carbons (Fsp3) is 0.0833.